The van der Waals surface area contributed by atoms with Gasteiger partial charge >= 0.3 is 6.09 Å². The van der Waals surface area contributed by atoms with Crippen LogP contribution in [0.15, 0.2) is 30.3 Å². The van der Waals surface area contributed by atoms with Crippen molar-refractivity contribution < 1.29 is 15.0 Å². The van der Waals surface area contributed by atoms with Gasteiger partial charge in [-0.25, -0.2) is 4.79 Å². The number of halogens is 1. The lowest BCUT2D eigenvalue weighted by Crippen LogP contribution is -2.07. The monoisotopic (exact) mass is 237 g/mol. The van der Waals surface area contributed by atoms with E-state index in [4.69, 9.17) is 16.7 Å². The molecule has 2 aromatic carbocycles. The average Bonchev–Trinajstić information content (AvgIpc) is 2.23. The number of nitrogens with one attached hydrogen (secondary N) is 1. The minimum atomic E-state index is -1.15. The number of anilines is 1. The third kappa shape index (κ3) is 1.75. The second-order valence-electron chi connectivity index (χ2n) is 3.23. The van der Waals surface area contributed by atoms with Crippen LogP contribution >= 0.6 is 11.6 Å². The third-order valence-corrected chi connectivity index (χ3v) is 2.53. The largest absolute Gasteiger partial charge is 0.506 e. The Bertz CT molecular complexity index is 568. The Morgan fingerprint density at radius 3 is 2.62 bits per heavy atom. The number of rotatable bonds is 1. The van der Waals surface area contributed by atoms with Gasteiger partial charge in [0.25, 0.3) is 0 Å². The van der Waals surface area contributed by atoms with Crippen LogP contribution < -0.4 is 5.32 Å². The average molecular weight is 238 g/mol. The molecule has 1 amide bonds. The van der Waals surface area contributed by atoms with Gasteiger partial charge in [0.1, 0.15) is 5.75 Å². The normalized spacial score (nSPS) is 10.3. The molecule has 2 rings (SSSR count). The summed E-state index contributed by atoms with van der Waals surface area (Å²) < 4.78 is 0. The van der Waals surface area contributed by atoms with Crippen LogP contribution in [0.2, 0.25) is 5.02 Å². The van der Waals surface area contributed by atoms with Crippen molar-refractivity contribution in [3.63, 3.8) is 0 Å². The van der Waals surface area contributed by atoms with Gasteiger partial charge < -0.3 is 10.2 Å². The highest BCUT2D eigenvalue weighted by molar-refractivity contribution is 6.33. The zero-order valence-electron chi connectivity index (χ0n) is 8.07. The molecule has 82 valence electrons. The maximum absolute atomic E-state index is 10.6. The fraction of sp³-hybridized carbons (Fsp3) is 0. The van der Waals surface area contributed by atoms with E-state index >= 15 is 0 Å². The van der Waals surface area contributed by atoms with Crippen molar-refractivity contribution in [3.8, 4) is 5.75 Å². The first kappa shape index (κ1) is 10.6. The van der Waals surface area contributed by atoms with Crippen molar-refractivity contribution in [2.45, 2.75) is 0 Å². The van der Waals surface area contributed by atoms with Crippen LogP contribution in [-0.4, -0.2) is 16.3 Å². The summed E-state index contributed by atoms with van der Waals surface area (Å²) in [5.41, 5.74) is 0.414. The number of carbonyl (C=O) groups is 1. The first-order valence-electron chi connectivity index (χ1n) is 4.50. The molecule has 5 heteroatoms. The van der Waals surface area contributed by atoms with Crippen LogP contribution in [0.4, 0.5) is 10.5 Å². The number of amides is 1. The third-order valence-electron chi connectivity index (χ3n) is 2.23. The second-order valence-corrected chi connectivity index (χ2v) is 3.63. The first-order chi connectivity index (χ1) is 7.59. The van der Waals surface area contributed by atoms with E-state index < -0.39 is 6.09 Å². The Labute approximate surface area is 96.1 Å². The highest BCUT2D eigenvalue weighted by atomic mass is 35.5. The fourth-order valence-electron chi connectivity index (χ4n) is 1.54. The van der Waals surface area contributed by atoms with E-state index in [1.807, 2.05) is 0 Å². The summed E-state index contributed by atoms with van der Waals surface area (Å²) in [7, 11) is 0. The lowest BCUT2D eigenvalue weighted by atomic mass is 10.1. The smallest absolute Gasteiger partial charge is 0.409 e. The molecule has 0 aliphatic heterocycles. The van der Waals surface area contributed by atoms with Gasteiger partial charge in [-0.1, -0.05) is 29.8 Å². The van der Waals surface area contributed by atoms with Gasteiger partial charge in [0.05, 0.1) is 10.7 Å². The molecule has 0 saturated heterocycles. The Kier molecular flexibility index (Phi) is 2.58. The zero-order chi connectivity index (χ0) is 11.7. The van der Waals surface area contributed by atoms with E-state index in [2.05, 4.69) is 5.32 Å². The molecule has 3 N–H and O–H groups in total. The number of fused-ring (bicyclic) bond motifs is 1. The van der Waals surface area contributed by atoms with E-state index in [-0.39, 0.29) is 10.8 Å². The zero-order valence-corrected chi connectivity index (χ0v) is 8.82. The van der Waals surface area contributed by atoms with Gasteiger partial charge in [0.2, 0.25) is 0 Å². The van der Waals surface area contributed by atoms with Crippen molar-refractivity contribution in [2.75, 3.05) is 5.32 Å². The molecule has 16 heavy (non-hydrogen) atoms. The molecule has 0 heterocycles. The second kappa shape index (κ2) is 3.90. The maximum Gasteiger partial charge on any atom is 0.409 e. The van der Waals surface area contributed by atoms with Crippen LogP contribution in [0, 0.1) is 0 Å². The molecule has 4 nitrogen and oxygen atoms in total. The molecule has 0 aromatic heterocycles. The van der Waals surface area contributed by atoms with Crippen LogP contribution in [0.1, 0.15) is 0 Å². The predicted molar refractivity (Wildman–Crippen MR) is 62.3 cm³/mol. The summed E-state index contributed by atoms with van der Waals surface area (Å²) in [4.78, 5) is 10.6. The van der Waals surface area contributed by atoms with Crippen LogP contribution in [-0.2, 0) is 0 Å². The van der Waals surface area contributed by atoms with Crippen molar-refractivity contribution in [3.05, 3.63) is 35.4 Å². The SMILES string of the molecule is O=C(O)Nc1cccc2c(O)c(Cl)ccc12. The first-order valence-corrected chi connectivity index (χ1v) is 4.87. The summed E-state index contributed by atoms with van der Waals surface area (Å²) in [5, 5.41) is 22.0. The van der Waals surface area contributed by atoms with Gasteiger partial charge in [-0.15, -0.1) is 0 Å². The number of phenolic OH excluding ortho intramolecular Hbond substituents is 1. The molecule has 0 bridgehead atoms. The molecule has 0 fully saturated rings. The molecule has 0 radical (unpaired) electrons. The standard InChI is InChI=1S/C11H8ClNO3/c12-8-5-4-6-7(10(8)14)2-1-3-9(6)13-11(15)16/h1-5,13-14H,(H,15,16). The van der Waals surface area contributed by atoms with Crippen molar-refractivity contribution in [1.29, 1.82) is 0 Å². The fourth-order valence-corrected chi connectivity index (χ4v) is 1.70. The number of hydrogen-bond donors (Lipinski definition) is 3. The van der Waals surface area contributed by atoms with Gasteiger partial charge in [-0.3, -0.25) is 5.32 Å². The van der Waals surface area contributed by atoms with Gasteiger partial charge in [0.15, 0.2) is 0 Å². The van der Waals surface area contributed by atoms with E-state index in [1.165, 1.54) is 6.07 Å². The van der Waals surface area contributed by atoms with Crippen LogP contribution in [0.25, 0.3) is 10.8 Å². The maximum atomic E-state index is 10.6. The van der Waals surface area contributed by atoms with Gasteiger partial charge in [-0.2, -0.15) is 0 Å². The van der Waals surface area contributed by atoms with Gasteiger partial charge in [-0.05, 0) is 12.1 Å². The lowest BCUT2D eigenvalue weighted by molar-refractivity contribution is 0.210. The molecule has 0 unspecified atom stereocenters. The lowest BCUT2D eigenvalue weighted by Gasteiger charge is -2.08. The summed E-state index contributed by atoms with van der Waals surface area (Å²) in [6.07, 6.45) is -1.15. The molecule has 0 saturated carbocycles. The summed E-state index contributed by atoms with van der Waals surface area (Å²) in [6.45, 7) is 0. The minimum Gasteiger partial charge on any atom is -0.506 e. The van der Waals surface area contributed by atoms with Crippen molar-refractivity contribution in [1.82, 2.24) is 0 Å². The highest BCUT2D eigenvalue weighted by Crippen LogP contribution is 2.35. The summed E-state index contributed by atoms with van der Waals surface area (Å²) >= 11 is 5.76. The number of carboxylic acid groups (broad SMARTS) is 1. The molecule has 0 spiro atoms. The number of hydrogen-bond acceptors (Lipinski definition) is 2. The van der Waals surface area contributed by atoms with Crippen LogP contribution in [0.3, 0.4) is 0 Å². The Morgan fingerprint density at radius 2 is 1.94 bits per heavy atom. The molecular weight excluding hydrogens is 230 g/mol. The molecule has 0 atom stereocenters. The van der Waals surface area contributed by atoms with Crippen molar-refractivity contribution in [2.24, 2.45) is 0 Å². The topological polar surface area (TPSA) is 69.6 Å². The highest BCUT2D eigenvalue weighted by Gasteiger charge is 2.08. The van der Waals surface area contributed by atoms with Crippen molar-refractivity contribution >= 4 is 34.2 Å². The quantitative estimate of drug-likeness (QED) is 0.713. The number of benzene rings is 2. The molecular formula is C11H8ClNO3. The summed E-state index contributed by atoms with van der Waals surface area (Å²) in [6, 6.07) is 8.10. The Balaban J connectivity index is 2.69. The molecule has 0 aliphatic carbocycles. The number of aromatic hydroxyl groups is 1. The summed E-state index contributed by atoms with van der Waals surface area (Å²) in [5.74, 6) is -0.0480. The van der Waals surface area contributed by atoms with E-state index in [0.717, 1.165) is 0 Å². The van der Waals surface area contributed by atoms with Gasteiger partial charge in [0, 0.05) is 10.8 Å². The van der Waals surface area contributed by atoms with Crippen LogP contribution in [0.5, 0.6) is 5.75 Å². The van der Waals surface area contributed by atoms with E-state index in [9.17, 15) is 9.90 Å². The van der Waals surface area contributed by atoms with E-state index in [0.29, 0.717) is 16.5 Å². The number of phenols is 1. The molecule has 0 aliphatic rings. The Morgan fingerprint density at radius 1 is 1.19 bits per heavy atom. The minimum absolute atomic E-state index is 0.0480. The predicted octanol–water partition coefficient (Wildman–Crippen LogP) is 3.29. The van der Waals surface area contributed by atoms with E-state index in [1.54, 1.807) is 24.3 Å². The Hall–Kier alpha value is -1.94. The molecule has 2 aromatic rings.